The fourth-order valence-electron chi connectivity index (χ4n) is 4.31. The van der Waals surface area contributed by atoms with Crippen molar-refractivity contribution in [2.24, 2.45) is 0 Å². The van der Waals surface area contributed by atoms with E-state index in [0.717, 1.165) is 11.2 Å². The molecular weight excluding hydrogens is 428 g/mol. The van der Waals surface area contributed by atoms with Crippen LogP contribution in [0, 0.1) is 11.6 Å². The first-order valence-electron chi connectivity index (χ1n) is 9.82. The van der Waals surface area contributed by atoms with Crippen LogP contribution in [0.3, 0.4) is 0 Å². The normalized spacial score (nSPS) is 15.8. The number of aromatic amines is 1. The summed E-state index contributed by atoms with van der Waals surface area (Å²) in [5.74, 6) is -1.07. The fraction of sp³-hybridized carbons (Fsp3) is 0.286. The van der Waals surface area contributed by atoms with Crippen LogP contribution in [-0.4, -0.2) is 48.2 Å². The van der Waals surface area contributed by atoms with E-state index in [4.69, 9.17) is 0 Å². The molecule has 0 spiro atoms. The predicted octanol–water partition coefficient (Wildman–Crippen LogP) is 3.04. The number of hydrogen-bond donors (Lipinski definition) is 2. The van der Waals surface area contributed by atoms with Gasteiger partial charge in [0.15, 0.2) is 11.6 Å². The Morgan fingerprint density at radius 1 is 1.03 bits per heavy atom. The minimum atomic E-state index is -0.538. The molecule has 2 aliphatic heterocycles. The highest BCUT2D eigenvalue weighted by Crippen LogP contribution is 2.33. The lowest BCUT2D eigenvalue weighted by Gasteiger charge is -2.37. The Kier molecular flexibility index (Phi) is 5.30. The van der Waals surface area contributed by atoms with E-state index in [1.54, 1.807) is 13.0 Å². The van der Waals surface area contributed by atoms with E-state index < -0.39 is 17.6 Å². The van der Waals surface area contributed by atoms with Crippen LogP contribution >= 0.6 is 12.4 Å². The van der Waals surface area contributed by atoms with Gasteiger partial charge in [-0.15, -0.1) is 12.4 Å². The number of nitrogens with one attached hydrogen (secondary N) is 2. The second-order valence-corrected chi connectivity index (χ2v) is 7.46. The number of halogens is 3. The molecule has 0 radical (unpaired) electrons. The molecule has 1 fully saturated rings. The van der Waals surface area contributed by atoms with Crippen LogP contribution in [0.5, 0.6) is 0 Å². The number of H-pyrrole nitrogens is 1. The summed E-state index contributed by atoms with van der Waals surface area (Å²) < 4.78 is 28.7. The Bertz CT molecular complexity index is 1200. The van der Waals surface area contributed by atoms with Crippen molar-refractivity contribution in [2.45, 2.75) is 13.3 Å². The molecule has 0 aliphatic carbocycles. The largest absolute Gasteiger partial charge is 0.366 e. The SMILES string of the molecule is CCc1c(F)c(N2CCN(c3n[nH]c4cc(F)ccc34)CC2)cc2c1C(=O)NC2=O.Cl. The summed E-state index contributed by atoms with van der Waals surface area (Å²) in [7, 11) is 0. The van der Waals surface area contributed by atoms with E-state index >= 15 is 4.39 Å². The topological polar surface area (TPSA) is 81.3 Å². The minimum Gasteiger partial charge on any atom is -0.366 e. The Morgan fingerprint density at radius 3 is 2.45 bits per heavy atom. The molecule has 1 aromatic heterocycles. The predicted molar refractivity (Wildman–Crippen MR) is 115 cm³/mol. The number of hydrogen-bond acceptors (Lipinski definition) is 5. The summed E-state index contributed by atoms with van der Waals surface area (Å²) in [4.78, 5) is 28.1. The van der Waals surface area contributed by atoms with E-state index in [2.05, 4.69) is 20.4 Å². The highest BCUT2D eigenvalue weighted by Gasteiger charge is 2.34. The third-order valence-corrected chi connectivity index (χ3v) is 5.82. The molecule has 7 nitrogen and oxygen atoms in total. The highest BCUT2D eigenvalue weighted by atomic mass is 35.5. The van der Waals surface area contributed by atoms with Crippen molar-refractivity contribution < 1.29 is 18.4 Å². The summed E-state index contributed by atoms with van der Waals surface area (Å²) in [5, 5.41) is 10.3. The second-order valence-electron chi connectivity index (χ2n) is 7.46. The number of amides is 2. The maximum Gasteiger partial charge on any atom is 0.259 e. The van der Waals surface area contributed by atoms with Gasteiger partial charge in [-0.3, -0.25) is 20.0 Å². The van der Waals surface area contributed by atoms with Crippen molar-refractivity contribution in [1.29, 1.82) is 0 Å². The quantitative estimate of drug-likeness (QED) is 0.603. The Hall–Kier alpha value is -3.20. The third kappa shape index (κ3) is 3.29. The maximum atomic E-state index is 15.2. The molecule has 1 saturated heterocycles. The van der Waals surface area contributed by atoms with Crippen molar-refractivity contribution >= 4 is 46.6 Å². The number of imide groups is 1. The van der Waals surface area contributed by atoms with E-state index in [1.165, 1.54) is 18.2 Å². The first-order chi connectivity index (χ1) is 14.5. The van der Waals surface area contributed by atoms with Crippen molar-refractivity contribution in [2.75, 3.05) is 36.0 Å². The molecule has 0 atom stereocenters. The van der Waals surface area contributed by atoms with Gasteiger partial charge in [0, 0.05) is 37.1 Å². The van der Waals surface area contributed by atoms with E-state index in [-0.39, 0.29) is 34.9 Å². The van der Waals surface area contributed by atoms with Gasteiger partial charge >= 0.3 is 0 Å². The van der Waals surface area contributed by atoms with E-state index in [9.17, 15) is 14.0 Å². The zero-order chi connectivity index (χ0) is 21.0. The zero-order valence-corrected chi connectivity index (χ0v) is 17.5. The molecule has 3 aromatic rings. The van der Waals surface area contributed by atoms with Crippen LogP contribution in [0.4, 0.5) is 20.3 Å². The molecule has 2 amide bonds. The van der Waals surface area contributed by atoms with Gasteiger partial charge in [-0.1, -0.05) is 6.92 Å². The lowest BCUT2D eigenvalue weighted by Crippen LogP contribution is -2.47. The maximum absolute atomic E-state index is 15.2. The van der Waals surface area contributed by atoms with Gasteiger partial charge in [-0.05, 0) is 30.7 Å². The molecule has 3 heterocycles. The van der Waals surface area contributed by atoms with Gasteiger partial charge in [0.25, 0.3) is 11.8 Å². The number of carbonyl (C=O) groups excluding carboxylic acids is 2. The standard InChI is InChI=1S/C21H19F2N5O2.ClH/c1-2-12-17-14(20(29)24-21(17)30)10-16(18(12)23)27-5-7-28(8-6-27)19-13-4-3-11(22)9-15(13)25-26-19;/h3-4,9-10H,2,5-8H2,1H3,(H,25,26)(H,24,29,30);1H. The van der Waals surface area contributed by atoms with Crippen molar-refractivity contribution in [3.8, 4) is 0 Å². The van der Waals surface area contributed by atoms with Crippen LogP contribution in [0.15, 0.2) is 24.3 Å². The number of nitrogens with zero attached hydrogens (tertiary/aromatic N) is 3. The molecule has 2 aromatic carbocycles. The van der Waals surface area contributed by atoms with E-state index in [0.29, 0.717) is 43.8 Å². The Morgan fingerprint density at radius 2 is 1.74 bits per heavy atom. The molecule has 10 heteroatoms. The van der Waals surface area contributed by atoms with Crippen LogP contribution in [0.1, 0.15) is 33.2 Å². The second kappa shape index (κ2) is 7.81. The molecule has 0 unspecified atom stereocenters. The molecule has 31 heavy (non-hydrogen) atoms. The minimum absolute atomic E-state index is 0. The van der Waals surface area contributed by atoms with Crippen molar-refractivity contribution in [3.63, 3.8) is 0 Å². The molecule has 2 aliphatic rings. The van der Waals surface area contributed by atoms with Gasteiger partial charge in [-0.2, -0.15) is 5.10 Å². The molecule has 5 rings (SSSR count). The molecule has 0 saturated carbocycles. The molecule has 2 N–H and O–H groups in total. The third-order valence-electron chi connectivity index (χ3n) is 5.82. The Labute approximate surface area is 182 Å². The first-order valence-corrected chi connectivity index (χ1v) is 9.82. The lowest BCUT2D eigenvalue weighted by molar-refractivity contribution is 0.0879. The first kappa shape index (κ1) is 21.0. The highest BCUT2D eigenvalue weighted by molar-refractivity contribution is 6.22. The smallest absolute Gasteiger partial charge is 0.259 e. The number of anilines is 2. The number of benzene rings is 2. The van der Waals surface area contributed by atoms with Crippen molar-refractivity contribution in [1.82, 2.24) is 15.5 Å². The number of carbonyl (C=O) groups is 2. The van der Waals surface area contributed by atoms with Crippen molar-refractivity contribution in [3.05, 3.63) is 52.6 Å². The lowest BCUT2D eigenvalue weighted by atomic mass is 9.98. The summed E-state index contributed by atoms with van der Waals surface area (Å²) in [6.07, 6.45) is 0.318. The van der Waals surface area contributed by atoms with Crippen LogP contribution < -0.4 is 15.1 Å². The number of aromatic nitrogens is 2. The molecule has 0 bridgehead atoms. The number of piperazine rings is 1. The number of fused-ring (bicyclic) bond motifs is 2. The van der Waals surface area contributed by atoms with E-state index in [1.807, 2.05) is 4.90 Å². The molecular formula is C21H20ClF2N5O2. The van der Waals surface area contributed by atoms with Gasteiger partial charge < -0.3 is 9.80 Å². The summed E-state index contributed by atoms with van der Waals surface area (Å²) in [6, 6.07) is 5.97. The van der Waals surface area contributed by atoms with Gasteiger partial charge in [0.05, 0.1) is 22.3 Å². The summed E-state index contributed by atoms with van der Waals surface area (Å²) >= 11 is 0. The van der Waals surface area contributed by atoms with Crippen LogP contribution in [0.25, 0.3) is 10.9 Å². The number of rotatable bonds is 3. The zero-order valence-electron chi connectivity index (χ0n) is 16.7. The van der Waals surface area contributed by atoms with Gasteiger partial charge in [-0.25, -0.2) is 8.78 Å². The monoisotopic (exact) mass is 447 g/mol. The Balaban J connectivity index is 0.00000231. The fourth-order valence-corrected chi connectivity index (χ4v) is 4.31. The van der Waals surface area contributed by atoms with Gasteiger partial charge in [0.2, 0.25) is 0 Å². The average molecular weight is 448 g/mol. The van der Waals surface area contributed by atoms with Crippen LogP contribution in [0.2, 0.25) is 0 Å². The van der Waals surface area contributed by atoms with Crippen LogP contribution in [-0.2, 0) is 6.42 Å². The summed E-state index contributed by atoms with van der Waals surface area (Å²) in [5.41, 5.74) is 1.62. The van der Waals surface area contributed by atoms with Gasteiger partial charge in [0.1, 0.15) is 5.82 Å². The summed E-state index contributed by atoms with van der Waals surface area (Å²) in [6.45, 7) is 3.97. The average Bonchev–Trinajstić information content (AvgIpc) is 3.28. The molecule has 162 valence electrons.